The number of halogens is 1. The van der Waals surface area contributed by atoms with E-state index in [0.29, 0.717) is 5.75 Å². The summed E-state index contributed by atoms with van der Waals surface area (Å²) in [4.78, 5) is 53.9. The van der Waals surface area contributed by atoms with Crippen LogP contribution in [0, 0.1) is 11.7 Å². The summed E-state index contributed by atoms with van der Waals surface area (Å²) in [7, 11) is 0. The van der Waals surface area contributed by atoms with Crippen molar-refractivity contribution in [2.75, 3.05) is 13.2 Å². The molecule has 10 heteroatoms. The fourth-order valence-electron chi connectivity index (χ4n) is 5.18. The molecule has 4 rings (SSSR count). The lowest BCUT2D eigenvalue weighted by atomic mass is 9.84. The second-order valence-corrected chi connectivity index (χ2v) is 12.6. The van der Waals surface area contributed by atoms with E-state index in [0.717, 1.165) is 11.1 Å². The van der Waals surface area contributed by atoms with Crippen LogP contribution in [0.1, 0.15) is 62.0 Å². The molecule has 244 valence electrons. The highest BCUT2D eigenvalue weighted by atomic mass is 19.1. The molecule has 0 saturated carbocycles. The van der Waals surface area contributed by atoms with Gasteiger partial charge in [0.1, 0.15) is 30.3 Å². The Labute approximate surface area is 269 Å². The van der Waals surface area contributed by atoms with Crippen LogP contribution >= 0.6 is 0 Å². The summed E-state index contributed by atoms with van der Waals surface area (Å²) in [5.74, 6) is -1.85. The topological polar surface area (TPSA) is 126 Å². The van der Waals surface area contributed by atoms with Gasteiger partial charge in [-0.2, -0.15) is 0 Å². The van der Waals surface area contributed by atoms with Crippen LogP contribution in [0.3, 0.4) is 0 Å². The molecule has 0 aromatic heterocycles. The molecular formula is C36H43FN4O5. The molecule has 0 saturated heterocycles. The summed E-state index contributed by atoms with van der Waals surface area (Å²) in [5.41, 5.74) is 1.38. The third kappa shape index (κ3) is 9.39. The molecule has 0 spiro atoms. The number of para-hydroxylation sites is 1. The smallest absolute Gasteiger partial charge is 0.255 e. The van der Waals surface area contributed by atoms with Crippen molar-refractivity contribution in [3.63, 3.8) is 0 Å². The minimum atomic E-state index is -1.06. The Morgan fingerprint density at radius 3 is 2.30 bits per heavy atom. The maximum Gasteiger partial charge on any atom is 0.255 e. The number of benzene rings is 3. The first-order chi connectivity index (χ1) is 21.9. The Morgan fingerprint density at radius 1 is 0.935 bits per heavy atom. The van der Waals surface area contributed by atoms with E-state index < -0.39 is 41.3 Å². The summed E-state index contributed by atoms with van der Waals surface area (Å²) < 4.78 is 19.6. The predicted octanol–water partition coefficient (Wildman–Crippen LogP) is 4.06. The number of nitrogens with one attached hydrogen (secondary N) is 4. The molecule has 1 aliphatic heterocycles. The number of rotatable bonds is 7. The molecule has 3 aromatic rings. The van der Waals surface area contributed by atoms with Gasteiger partial charge in [-0.15, -0.1) is 0 Å². The number of carbonyl (C=O) groups excluding carboxylic acids is 4. The number of fused-ring (bicyclic) bond motifs is 1. The van der Waals surface area contributed by atoms with Gasteiger partial charge in [0, 0.05) is 24.8 Å². The van der Waals surface area contributed by atoms with E-state index in [1.54, 1.807) is 36.4 Å². The molecule has 0 fully saturated rings. The molecule has 3 aromatic carbocycles. The molecule has 1 aliphatic rings. The van der Waals surface area contributed by atoms with Crippen molar-refractivity contribution in [3.05, 3.63) is 101 Å². The Balaban J connectivity index is 1.59. The van der Waals surface area contributed by atoms with Crippen LogP contribution < -0.4 is 26.0 Å². The molecule has 4 N–H and O–H groups in total. The van der Waals surface area contributed by atoms with E-state index in [4.69, 9.17) is 4.74 Å². The number of amides is 4. The van der Waals surface area contributed by atoms with Crippen molar-refractivity contribution in [1.82, 2.24) is 21.3 Å². The summed E-state index contributed by atoms with van der Waals surface area (Å²) in [5, 5.41) is 11.6. The van der Waals surface area contributed by atoms with Gasteiger partial charge in [0.25, 0.3) is 5.91 Å². The summed E-state index contributed by atoms with van der Waals surface area (Å²) >= 11 is 0. The standard InChI is InChI=1S/C36H43FN4O5/c1-23(2)30-21-46-31-13-9-8-12-27(31)33(43)40-28(34(44)38-22-36(3,4)25-14-16-26(37)17-15-25)18-19-32(42)39-29(35(45)41-30)20-24-10-6-5-7-11-24/h5-17,23,28-30H,18-22H2,1-4H3,(H,38,44)(H,39,42)(H,40,43)(H,41,45)/t28-,29-,30-/m0/s1. The van der Waals surface area contributed by atoms with Crippen molar-refractivity contribution in [3.8, 4) is 5.75 Å². The van der Waals surface area contributed by atoms with Crippen molar-refractivity contribution >= 4 is 23.6 Å². The highest BCUT2D eigenvalue weighted by Crippen LogP contribution is 2.23. The van der Waals surface area contributed by atoms with Crippen LogP contribution in [-0.2, 0) is 26.2 Å². The Hall–Kier alpha value is -4.73. The van der Waals surface area contributed by atoms with E-state index in [2.05, 4.69) is 21.3 Å². The molecule has 0 unspecified atom stereocenters. The molecular weight excluding hydrogens is 587 g/mol. The summed E-state index contributed by atoms with van der Waals surface area (Å²) in [6.07, 6.45) is 0.133. The van der Waals surface area contributed by atoms with Gasteiger partial charge in [-0.1, -0.05) is 82.3 Å². The quantitative estimate of drug-likeness (QED) is 0.314. The van der Waals surface area contributed by atoms with Gasteiger partial charge in [0.05, 0.1) is 11.6 Å². The lowest BCUT2D eigenvalue weighted by Gasteiger charge is -2.27. The number of hydrogen-bond acceptors (Lipinski definition) is 5. The first-order valence-electron chi connectivity index (χ1n) is 15.6. The first kappa shape index (κ1) is 34.1. The fourth-order valence-corrected chi connectivity index (χ4v) is 5.18. The average Bonchev–Trinajstić information content (AvgIpc) is 3.04. The molecule has 46 heavy (non-hydrogen) atoms. The van der Waals surface area contributed by atoms with Crippen molar-refractivity contribution < 1.29 is 28.3 Å². The second kappa shape index (κ2) is 15.5. The molecule has 0 bridgehead atoms. The molecule has 0 aliphatic carbocycles. The normalized spacial score (nSPS) is 19.8. The van der Waals surface area contributed by atoms with Crippen LogP contribution in [0.15, 0.2) is 78.9 Å². The number of carbonyl (C=O) groups is 4. The maximum absolute atomic E-state index is 13.6. The van der Waals surface area contributed by atoms with E-state index in [1.165, 1.54) is 12.1 Å². The van der Waals surface area contributed by atoms with Gasteiger partial charge in [-0.05, 0) is 47.7 Å². The third-order valence-corrected chi connectivity index (χ3v) is 8.23. The molecule has 4 amide bonds. The second-order valence-electron chi connectivity index (χ2n) is 12.6. The number of hydrogen-bond donors (Lipinski definition) is 4. The fraction of sp³-hybridized carbons (Fsp3) is 0.389. The van der Waals surface area contributed by atoms with Gasteiger partial charge >= 0.3 is 0 Å². The van der Waals surface area contributed by atoms with Crippen molar-refractivity contribution in [2.24, 2.45) is 5.92 Å². The summed E-state index contributed by atoms with van der Waals surface area (Å²) in [6, 6.07) is 19.8. The van der Waals surface area contributed by atoms with Crippen LogP contribution in [0.5, 0.6) is 5.75 Å². The van der Waals surface area contributed by atoms with Gasteiger partial charge in [-0.3, -0.25) is 19.2 Å². The van der Waals surface area contributed by atoms with Gasteiger partial charge in [0.2, 0.25) is 17.7 Å². The zero-order valence-corrected chi connectivity index (χ0v) is 26.8. The van der Waals surface area contributed by atoms with E-state index in [9.17, 15) is 23.6 Å². The molecule has 3 atom stereocenters. The molecule has 1 heterocycles. The van der Waals surface area contributed by atoms with Crippen LogP contribution in [-0.4, -0.2) is 54.9 Å². The molecule has 9 nitrogen and oxygen atoms in total. The first-order valence-corrected chi connectivity index (χ1v) is 15.6. The minimum absolute atomic E-state index is 0.0130. The third-order valence-electron chi connectivity index (χ3n) is 8.23. The average molecular weight is 631 g/mol. The maximum atomic E-state index is 13.6. The number of ether oxygens (including phenoxy) is 1. The Morgan fingerprint density at radius 2 is 1.61 bits per heavy atom. The van der Waals surface area contributed by atoms with Crippen LogP contribution in [0.2, 0.25) is 0 Å². The predicted molar refractivity (Wildman–Crippen MR) is 174 cm³/mol. The van der Waals surface area contributed by atoms with Gasteiger partial charge < -0.3 is 26.0 Å². The van der Waals surface area contributed by atoms with Crippen LogP contribution in [0.25, 0.3) is 0 Å². The Bertz CT molecular complexity index is 1510. The van der Waals surface area contributed by atoms with Gasteiger partial charge in [0.15, 0.2) is 0 Å². The SMILES string of the molecule is CC(C)[C@@H]1COc2ccccc2C(=O)N[C@H](C(=O)NCC(C)(C)c2ccc(F)cc2)CCC(=O)N[C@@H](Cc2ccccc2)C(=O)N1. The van der Waals surface area contributed by atoms with E-state index in [-0.39, 0.29) is 55.6 Å². The zero-order chi connectivity index (χ0) is 33.3. The summed E-state index contributed by atoms with van der Waals surface area (Å²) in [6.45, 7) is 8.02. The molecule has 0 radical (unpaired) electrons. The van der Waals surface area contributed by atoms with Crippen molar-refractivity contribution in [1.29, 1.82) is 0 Å². The lowest BCUT2D eigenvalue weighted by Crippen LogP contribution is -2.53. The van der Waals surface area contributed by atoms with E-state index >= 15 is 0 Å². The highest BCUT2D eigenvalue weighted by molar-refractivity contribution is 6.00. The largest absolute Gasteiger partial charge is 0.491 e. The van der Waals surface area contributed by atoms with E-state index in [1.807, 2.05) is 58.0 Å². The monoisotopic (exact) mass is 630 g/mol. The minimum Gasteiger partial charge on any atom is -0.491 e. The zero-order valence-electron chi connectivity index (χ0n) is 26.8. The Kier molecular flexibility index (Phi) is 11.5. The lowest BCUT2D eigenvalue weighted by molar-refractivity contribution is -0.130. The highest BCUT2D eigenvalue weighted by Gasteiger charge is 2.30. The van der Waals surface area contributed by atoms with Gasteiger partial charge in [-0.25, -0.2) is 4.39 Å². The van der Waals surface area contributed by atoms with Crippen molar-refractivity contribution in [2.45, 2.75) is 70.5 Å². The van der Waals surface area contributed by atoms with Crippen LogP contribution in [0.4, 0.5) is 4.39 Å².